The summed E-state index contributed by atoms with van der Waals surface area (Å²) in [5, 5.41) is 14.3. The van der Waals surface area contributed by atoms with Crippen LogP contribution >= 0.6 is 11.9 Å². The molecule has 0 spiro atoms. The lowest BCUT2D eigenvalue weighted by molar-refractivity contribution is 0.0444. The predicted molar refractivity (Wildman–Crippen MR) is 154 cm³/mol. The average Bonchev–Trinajstić information content (AvgIpc) is 2.97. The van der Waals surface area contributed by atoms with E-state index >= 15 is 0 Å². The Hall–Kier alpha value is -3.91. The second-order valence-corrected chi connectivity index (χ2v) is 9.69. The van der Waals surface area contributed by atoms with Gasteiger partial charge in [-0.05, 0) is 71.0 Å². The molecule has 0 aliphatic rings. The van der Waals surface area contributed by atoms with Crippen molar-refractivity contribution in [3.8, 4) is 11.4 Å². The lowest BCUT2D eigenvalue weighted by Gasteiger charge is -2.32. The summed E-state index contributed by atoms with van der Waals surface area (Å²) < 4.78 is 0.958. The highest BCUT2D eigenvalue weighted by Crippen LogP contribution is 2.33. The molecular formula is C30H29N5OS. The van der Waals surface area contributed by atoms with Crippen LogP contribution in [0.2, 0.25) is 0 Å². The molecule has 186 valence electrons. The van der Waals surface area contributed by atoms with Crippen LogP contribution in [-0.2, 0) is 5.41 Å². The molecule has 1 heterocycles. The number of hydrazine groups is 1. The standard InChI is InChI=1S/C30H29N5OS/c1-30(23-11-5-3-6-12-23,24-13-7-4-8-14-24)21-31-29-26-15-9-10-16-27(26)32-28(33-29)22-17-19-25(20-18-22)34-35(36)37-2/h3-20,34,36H,21H2,1-2H3,(H,31,32,33). The molecule has 0 saturated heterocycles. The van der Waals surface area contributed by atoms with Crippen molar-refractivity contribution in [2.75, 3.05) is 23.5 Å². The van der Waals surface area contributed by atoms with Crippen LogP contribution in [0, 0.1) is 0 Å². The third-order valence-electron chi connectivity index (χ3n) is 6.58. The Bertz CT molecular complexity index is 1420. The predicted octanol–water partition coefficient (Wildman–Crippen LogP) is 7.01. The fourth-order valence-corrected chi connectivity index (χ4v) is 4.63. The highest BCUT2D eigenvalue weighted by molar-refractivity contribution is 7.96. The summed E-state index contributed by atoms with van der Waals surface area (Å²) in [4.78, 5) is 9.80. The van der Waals surface area contributed by atoms with Gasteiger partial charge < -0.3 is 5.32 Å². The quantitative estimate of drug-likeness (QED) is 0.146. The second-order valence-electron chi connectivity index (χ2n) is 8.98. The van der Waals surface area contributed by atoms with Gasteiger partial charge in [-0.1, -0.05) is 72.8 Å². The molecule has 37 heavy (non-hydrogen) atoms. The fourth-order valence-electron chi connectivity index (χ4n) is 4.43. The van der Waals surface area contributed by atoms with Crippen molar-refractivity contribution in [1.82, 2.24) is 14.5 Å². The summed E-state index contributed by atoms with van der Waals surface area (Å²) >= 11 is 1.17. The molecule has 5 rings (SSSR count). The van der Waals surface area contributed by atoms with E-state index in [1.54, 1.807) is 6.26 Å². The zero-order valence-corrected chi connectivity index (χ0v) is 21.6. The van der Waals surface area contributed by atoms with Crippen LogP contribution in [0.15, 0.2) is 109 Å². The van der Waals surface area contributed by atoms with Crippen LogP contribution in [0.3, 0.4) is 0 Å². The van der Waals surface area contributed by atoms with Crippen molar-refractivity contribution in [3.05, 3.63) is 120 Å². The van der Waals surface area contributed by atoms with E-state index < -0.39 is 0 Å². The maximum atomic E-state index is 9.69. The van der Waals surface area contributed by atoms with Crippen LogP contribution < -0.4 is 10.7 Å². The normalized spacial score (nSPS) is 11.6. The number of para-hydroxylation sites is 1. The van der Waals surface area contributed by atoms with Crippen molar-refractivity contribution in [1.29, 1.82) is 0 Å². The van der Waals surface area contributed by atoms with Gasteiger partial charge in [0, 0.05) is 29.2 Å². The van der Waals surface area contributed by atoms with Crippen LogP contribution in [0.25, 0.3) is 22.3 Å². The molecule has 7 heteroatoms. The van der Waals surface area contributed by atoms with Gasteiger partial charge in [0.1, 0.15) is 5.82 Å². The Morgan fingerprint density at radius 2 is 1.38 bits per heavy atom. The molecular weight excluding hydrogens is 478 g/mol. The molecule has 0 radical (unpaired) electrons. The molecule has 0 aliphatic heterocycles. The van der Waals surface area contributed by atoms with Gasteiger partial charge in [0.15, 0.2) is 5.82 Å². The SMILES string of the molecule is CSN(O)Nc1ccc(-c2nc(NCC(C)(c3ccccc3)c3ccccc3)c3ccccc3n2)cc1. The summed E-state index contributed by atoms with van der Waals surface area (Å²) in [6, 6.07) is 36.9. The molecule has 5 aromatic rings. The molecule has 4 aromatic carbocycles. The number of anilines is 2. The number of hydrogen-bond acceptors (Lipinski definition) is 7. The number of hydrogen-bond donors (Lipinski definition) is 3. The van der Waals surface area contributed by atoms with Crippen LogP contribution in [0.1, 0.15) is 18.1 Å². The molecule has 0 bridgehead atoms. The van der Waals surface area contributed by atoms with Gasteiger partial charge in [-0.15, -0.1) is 0 Å². The molecule has 0 unspecified atom stereocenters. The number of nitrogens with zero attached hydrogens (tertiary/aromatic N) is 3. The average molecular weight is 508 g/mol. The van der Waals surface area contributed by atoms with Crippen molar-refractivity contribution >= 4 is 34.4 Å². The Morgan fingerprint density at radius 3 is 2.00 bits per heavy atom. The first kappa shape index (κ1) is 24.8. The highest BCUT2D eigenvalue weighted by atomic mass is 32.2. The molecule has 6 nitrogen and oxygen atoms in total. The van der Waals surface area contributed by atoms with E-state index in [0.717, 1.165) is 32.5 Å². The maximum absolute atomic E-state index is 9.69. The smallest absolute Gasteiger partial charge is 0.162 e. The van der Waals surface area contributed by atoms with Gasteiger partial charge in [0.2, 0.25) is 0 Å². The van der Waals surface area contributed by atoms with Crippen molar-refractivity contribution in [3.63, 3.8) is 0 Å². The molecule has 0 aliphatic carbocycles. The second kappa shape index (κ2) is 11.0. The Kier molecular flexibility index (Phi) is 7.37. The minimum absolute atomic E-state index is 0.268. The first-order valence-electron chi connectivity index (χ1n) is 12.1. The third-order valence-corrected chi connectivity index (χ3v) is 7.01. The van der Waals surface area contributed by atoms with E-state index in [4.69, 9.17) is 9.97 Å². The van der Waals surface area contributed by atoms with E-state index in [2.05, 4.69) is 72.3 Å². The minimum Gasteiger partial charge on any atom is -0.368 e. The Labute approximate surface area is 221 Å². The van der Waals surface area contributed by atoms with Crippen LogP contribution in [0.4, 0.5) is 11.5 Å². The molecule has 3 N–H and O–H groups in total. The summed E-state index contributed by atoms with van der Waals surface area (Å²) in [6.45, 7) is 2.92. The van der Waals surface area contributed by atoms with Crippen LogP contribution in [0.5, 0.6) is 0 Å². The van der Waals surface area contributed by atoms with Gasteiger partial charge in [-0.2, -0.15) is 0 Å². The van der Waals surface area contributed by atoms with Gasteiger partial charge in [0.25, 0.3) is 0 Å². The Morgan fingerprint density at radius 1 is 0.784 bits per heavy atom. The topological polar surface area (TPSA) is 73.3 Å². The monoisotopic (exact) mass is 507 g/mol. The zero-order valence-electron chi connectivity index (χ0n) is 20.8. The molecule has 1 aromatic heterocycles. The first-order chi connectivity index (χ1) is 18.1. The number of nitrogens with one attached hydrogen (secondary N) is 2. The molecule has 0 saturated carbocycles. The summed E-state index contributed by atoms with van der Waals surface area (Å²) in [6.07, 6.45) is 1.78. The largest absolute Gasteiger partial charge is 0.368 e. The zero-order chi connectivity index (χ0) is 25.7. The van der Waals surface area contributed by atoms with Gasteiger partial charge in [-0.25, -0.2) is 9.97 Å². The maximum Gasteiger partial charge on any atom is 0.162 e. The first-order valence-corrected chi connectivity index (χ1v) is 13.3. The number of benzene rings is 4. The van der Waals surface area contributed by atoms with Crippen molar-refractivity contribution in [2.24, 2.45) is 0 Å². The Balaban J connectivity index is 1.50. The summed E-state index contributed by atoms with van der Waals surface area (Å²) in [7, 11) is 0. The van der Waals surface area contributed by atoms with E-state index in [1.807, 2.05) is 54.6 Å². The highest BCUT2D eigenvalue weighted by Gasteiger charge is 2.29. The van der Waals surface area contributed by atoms with Crippen molar-refractivity contribution in [2.45, 2.75) is 12.3 Å². The lowest BCUT2D eigenvalue weighted by Crippen LogP contribution is -2.32. The molecule has 0 amide bonds. The van der Waals surface area contributed by atoms with Gasteiger partial charge in [0.05, 0.1) is 11.2 Å². The number of fused-ring (bicyclic) bond motifs is 1. The third kappa shape index (κ3) is 5.44. The molecule has 0 fully saturated rings. The van der Waals surface area contributed by atoms with Gasteiger partial charge in [-0.3, -0.25) is 10.6 Å². The van der Waals surface area contributed by atoms with E-state index in [-0.39, 0.29) is 5.41 Å². The summed E-state index contributed by atoms with van der Waals surface area (Å²) in [5.41, 5.74) is 7.61. The summed E-state index contributed by atoms with van der Waals surface area (Å²) in [5.74, 6) is 1.43. The molecule has 0 atom stereocenters. The number of rotatable bonds is 9. The minimum atomic E-state index is -0.268. The van der Waals surface area contributed by atoms with E-state index in [1.165, 1.54) is 23.1 Å². The van der Waals surface area contributed by atoms with Crippen molar-refractivity contribution < 1.29 is 5.21 Å². The van der Waals surface area contributed by atoms with E-state index in [9.17, 15) is 5.21 Å². The number of aromatic nitrogens is 2. The van der Waals surface area contributed by atoms with Gasteiger partial charge >= 0.3 is 0 Å². The fraction of sp³-hybridized carbons (Fsp3) is 0.133. The lowest BCUT2D eigenvalue weighted by atomic mass is 9.76. The van der Waals surface area contributed by atoms with E-state index in [0.29, 0.717) is 12.4 Å². The van der Waals surface area contributed by atoms with Crippen LogP contribution in [-0.4, -0.2) is 32.6 Å².